The van der Waals surface area contributed by atoms with Gasteiger partial charge in [0.25, 0.3) is 5.69 Å². The Morgan fingerprint density at radius 3 is 2.73 bits per heavy atom. The van der Waals surface area contributed by atoms with Crippen molar-refractivity contribution in [1.29, 1.82) is 0 Å². The molecule has 1 unspecified atom stereocenters. The summed E-state index contributed by atoms with van der Waals surface area (Å²) in [5.74, 6) is 1.53. The van der Waals surface area contributed by atoms with Gasteiger partial charge in [0.15, 0.2) is 11.2 Å². The van der Waals surface area contributed by atoms with Crippen molar-refractivity contribution in [3.63, 3.8) is 0 Å². The summed E-state index contributed by atoms with van der Waals surface area (Å²) in [6.07, 6.45) is 4.41. The molecule has 0 amide bonds. The Morgan fingerprint density at radius 1 is 1.30 bits per heavy atom. The molecule has 3 aromatic rings. The molecule has 1 aliphatic heterocycles. The standard InChI is InChI=1S/C21H25N5O4/c1-4-17-13(2)11-18(30-17)25-12-22-19-20(25)23-14(3)24-21(19)29-10-9-15-5-7-16(8-6-15)26(27)28/h5-8,12-13,17-18H,4,9-11H2,1-3H3/t13?,17-,18-/m1/s1. The quantitative estimate of drug-likeness (QED) is 0.427. The van der Waals surface area contributed by atoms with Gasteiger partial charge in [0, 0.05) is 18.6 Å². The van der Waals surface area contributed by atoms with Crippen molar-refractivity contribution < 1.29 is 14.4 Å². The number of non-ortho nitro benzene ring substituents is 1. The van der Waals surface area contributed by atoms with Crippen molar-refractivity contribution in [3.05, 3.63) is 52.1 Å². The molecule has 3 atom stereocenters. The summed E-state index contributed by atoms with van der Waals surface area (Å²) >= 11 is 0. The minimum absolute atomic E-state index is 0.0760. The van der Waals surface area contributed by atoms with E-state index >= 15 is 0 Å². The van der Waals surface area contributed by atoms with Crippen LogP contribution in [0.3, 0.4) is 0 Å². The van der Waals surface area contributed by atoms with Crippen LogP contribution in [0.4, 0.5) is 5.69 Å². The number of fused-ring (bicyclic) bond motifs is 1. The summed E-state index contributed by atoms with van der Waals surface area (Å²) in [6, 6.07) is 6.46. The third-order valence-corrected chi connectivity index (χ3v) is 5.53. The van der Waals surface area contributed by atoms with Crippen LogP contribution in [0.5, 0.6) is 5.88 Å². The van der Waals surface area contributed by atoms with Gasteiger partial charge in [-0.1, -0.05) is 26.0 Å². The minimum Gasteiger partial charge on any atom is -0.476 e. The molecule has 1 aliphatic rings. The van der Waals surface area contributed by atoms with Crippen molar-refractivity contribution in [3.8, 4) is 5.88 Å². The van der Waals surface area contributed by atoms with Crippen molar-refractivity contribution in [1.82, 2.24) is 19.5 Å². The van der Waals surface area contributed by atoms with Crippen LogP contribution in [0.25, 0.3) is 11.2 Å². The zero-order valence-electron chi connectivity index (χ0n) is 17.3. The second-order valence-corrected chi connectivity index (χ2v) is 7.67. The predicted molar refractivity (Wildman–Crippen MR) is 110 cm³/mol. The molecule has 0 bridgehead atoms. The van der Waals surface area contributed by atoms with E-state index in [-0.39, 0.29) is 18.0 Å². The second-order valence-electron chi connectivity index (χ2n) is 7.67. The molecule has 0 saturated carbocycles. The zero-order valence-corrected chi connectivity index (χ0v) is 17.3. The van der Waals surface area contributed by atoms with E-state index in [1.165, 1.54) is 12.1 Å². The van der Waals surface area contributed by atoms with E-state index in [9.17, 15) is 10.1 Å². The van der Waals surface area contributed by atoms with Gasteiger partial charge >= 0.3 is 0 Å². The summed E-state index contributed by atoms with van der Waals surface area (Å²) < 4.78 is 14.1. The monoisotopic (exact) mass is 411 g/mol. The first-order chi connectivity index (χ1) is 14.5. The maximum atomic E-state index is 10.8. The van der Waals surface area contributed by atoms with E-state index < -0.39 is 4.92 Å². The number of nitro benzene ring substituents is 1. The van der Waals surface area contributed by atoms with Crippen LogP contribution in [0.1, 0.15) is 44.3 Å². The minimum atomic E-state index is -0.408. The van der Waals surface area contributed by atoms with Crippen molar-refractivity contribution in [2.24, 2.45) is 5.92 Å². The van der Waals surface area contributed by atoms with Crippen molar-refractivity contribution >= 4 is 16.9 Å². The van der Waals surface area contributed by atoms with E-state index in [0.29, 0.717) is 41.8 Å². The normalized spacial score (nSPS) is 21.2. The molecule has 30 heavy (non-hydrogen) atoms. The van der Waals surface area contributed by atoms with Crippen LogP contribution in [-0.4, -0.2) is 37.2 Å². The molecule has 0 N–H and O–H groups in total. The van der Waals surface area contributed by atoms with E-state index in [2.05, 4.69) is 28.8 Å². The number of hydrogen-bond acceptors (Lipinski definition) is 7. The first-order valence-corrected chi connectivity index (χ1v) is 10.2. The third kappa shape index (κ3) is 3.97. The van der Waals surface area contributed by atoms with Crippen LogP contribution in [0.2, 0.25) is 0 Å². The average molecular weight is 411 g/mol. The summed E-state index contributed by atoms with van der Waals surface area (Å²) in [5, 5.41) is 10.8. The Hall–Kier alpha value is -3.07. The number of nitrogens with zero attached hydrogens (tertiary/aromatic N) is 5. The maximum absolute atomic E-state index is 10.8. The van der Waals surface area contributed by atoms with Gasteiger partial charge in [0.2, 0.25) is 5.88 Å². The van der Waals surface area contributed by atoms with Gasteiger partial charge in [0.1, 0.15) is 12.1 Å². The fourth-order valence-corrected chi connectivity index (χ4v) is 3.89. The molecule has 1 aromatic carbocycles. The Balaban J connectivity index is 1.49. The number of aryl methyl sites for hydroxylation is 1. The smallest absolute Gasteiger partial charge is 0.269 e. The molecule has 0 aliphatic carbocycles. The first-order valence-electron chi connectivity index (χ1n) is 10.2. The van der Waals surface area contributed by atoms with Gasteiger partial charge in [-0.25, -0.2) is 9.97 Å². The summed E-state index contributed by atoms with van der Waals surface area (Å²) in [6.45, 7) is 6.55. The van der Waals surface area contributed by atoms with E-state index in [1.807, 2.05) is 11.5 Å². The lowest BCUT2D eigenvalue weighted by Gasteiger charge is -2.15. The summed E-state index contributed by atoms with van der Waals surface area (Å²) in [5.41, 5.74) is 2.35. The lowest BCUT2D eigenvalue weighted by Crippen LogP contribution is -2.12. The molecule has 1 fully saturated rings. The van der Waals surface area contributed by atoms with Crippen molar-refractivity contribution in [2.45, 2.75) is 52.4 Å². The zero-order chi connectivity index (χ0) is 21.3. The molecule has 0 radical (unpaired) electrons. The molecule has 3 heterocycles. The Morgan fingerprint density at radius 2 is 2.07 bits per heavy atom. The van der Waals surface area contributed by atoms with Crippen molar-refractivity contribution in [2.75, 3.05) is 6.61 Å². The van der Waals surface area contributed by atoms with Gasteiger partial charge in [-0.3, -0.25) is 14.7 Å². The van der Waals surface area contributed by atoms with Crippen LogP contribution in [0.15, 0.2) is 30.6 Å². The lowest BCUT2D eigenvalue weighted by molar-refractivity contribution is -0.384. The second kappa shape index (κ2) is 8.35. The first kappa shape index (κ1) is 20.2. The average Bonchev–Trinajstić information content (AvgIpc) is 3.31. The summed E-state index contributed by atoms with van der Waals surface area (Å²) in [7, 11) is 0. The van der Waals surface area contributed by atoms with Crippen LogP contribution in [0, 0.1) is 23.0 Å². The SMILES string of the molecule is CC[C@H]1O[C@@H](n2cnc3c(OCCc4ccc([N+](=O)[O-])cc4)nc(C)nc32)CC1C. The number of ether oxygens (including phenoxy) is 2. The number of rotatable bonds is 7. The highest BCUT2D eigenvalue weighted by Gasteiger charge is 2.33. The highest BCUT2D eigenvalue weighted by atomic mass is 16.6. The number of aromatic nitrogens is 4. The molecule has 0 spiro atoms. The van der Waals surface area contributed by atoms with Crippen LogP contribution in [-0.2, 0) is 11.2 Å². The Labute approximate surface area is 174 Å². The summed E-state index contributed by atoms with van der Waals surface area (Å²) in [4.78, 5) is 23.8. The highest BCUT2D eigenvalue weighted by molar-refractivity contribution is 5.76. The largest absolute Gasteiger partial charge is 0.476 e. The maximum Gasteiger partial charge on any atom is 0.269 e. The number of benzene rings is 1. The molecular formula is C21H25N5O4. The van der Waals surface area contributed by atoms with E-state index in [4.69, 9.17) is 9.47 Å². The fraction of sp³-hybridized carbons (Fsp3) is 0.476. The molecule has 4 rings (SSSR count). The topological polar surface area (TPSA) is 105 Å². The molecule has 1 saturated heterocycles. The fourth-order valence-electron chi connectivity index (χ4n) is 3.89. The number of hydrogen-bond donors (Lipinski definition) is 0. The van der Waals surface area contributed by atoms with Gasteiger partial charge in [-0.05, 0) is 31.2 Å². The van der Waals surface area contributed by atoms with Gasteiger partial charge in [0.05, 0.1) is 24.0 Å². The molecular weight excluding hydrogens is 386 g/mol. The highest BCUT2D eigenvalue weighted by Crippen LogP contribution is 2.36. The molecule has 9 heteroatoms. The Bertz CT molecular complexity index is 1050. The molecule has 9 nitrogen and oxygen atoms in total. The van der Waals surface area contributed by atoms with Crippen LogP contribution < -0.4 is 4.74 Å². The third-order valence-electron chi connectivity index (χ3n) is 5.53. The molecule has 158 valence electrons. The van der Waals surface area contributed by atoms with Gasteiger partial charge < -0.3 is 9.47 Å². The van der Waals surface area contributed by atoms with Crippen LogP contribution >= 0.6 is 0 Å². The van der Waals surface area contributed by atoms with Gasteiger partial charge in [-0.15, -0.1) is 0 Å². The number of nitro groups is 1. The Kier molecular flexibility index (Phi) is 5.63. The lowest BCUT2D eigenvalue weighted by atomic mass is 10.0. The van der Waals surface area contributed by atoms with E-state index in [0.717, 1.165) is 18.4 Å². The van der Waals surface area contributed by atoms with Gasteiger partial charge in [-0.2, -0.15) is 4.98 Å². The van der Waals surface area contributed by atoms with E-state index in [1.54, 1.807) is 18.5 Å². The number of imidazole rings is 1. The molecule has 2 aromatic heterocycles. The predicted octanol–water partition coefficient (Wildman–Crippen LogP) is 4.00.